The molecule has 1 aromatic rings. The lowest BCUT2D eigenvalue weighted by Crippen LogP contribution is -2.56. The molecule has 0 saturated carbocycles. The van der Waals surface area contributed by atoms with Gasteiger partial charge in [-0.3, -0.25) is 19.7 Å². The molecule has 0 aromatic heterocycles. The fraction of sp³-hybridized carbons (Fsp3) is 0.429. The largest absolute Gasteiger partial charge is 0.391 e. The SMILES string of the molecule is C[C@@H](O)[C@H](N)C(=O)N[C@H](C(=O)Nc1ccc([N+](=O)[O-])cc1)[C@@H](C)O. The first-order chi connectivity index (χ1) is 11.1. The molecule has 0 spiro atoms. The van der Waals surface area contributed by atoms with Crippen molar-refractivity contribution >= 4 is 23.2 Å². The van der Waals surface area contributed by atoms with E-state index in [0.717, 1.165) is 0 Å². The fourth-order valence-corrected chi connectivity index (χ4v) is 1.76. The number of hydrogen-bond acceptors (Lipinski definition) is 7. The molecule has 0 heterocycles. The predicted molar refractivity (Wildman–Crippen MR) is 85.0 cm³/mol. The summed E-state index contributed by atoms with van der Waals surface area (Å²) in [5.41, 5.74) is 5.58. The number of carbonyl (C=O) groups excluding carboxylic acids is 2. The lowest BCUT2D eigenvalue weighted by molar-refractivity contribution is -0.384. The van der Waals surface area contributed by atoms with Crippen molar-refractivity contribution in [1.82, 2.24) is 5.32 Å². The Bertz CT molecular complexity index is 602. The molecule has 10 nitrogen and oxygen atoms in total. The van der Waals surface area contributed by atoms with Crippen LogP contribution in [0, 0.1) is 10.1 Å². The van der Waals surface area contributed by atoms with Gasteiger partial charge in [-0.2, -0.15) is 0 Å². The molecule has 0 bridgehead atoms. The predicted octanol–water partition coefficient (Wildman–Crippen LogP) is -0.893. The van der Waals surface area contributed by atoms with Gasteiger partial charge in [0, 0.05) is 17.8 Å². The van der Waals surface area contributed by atoms with E-state index in [1.54, 1.807) is 0 Å². The van der Waals surface area contributed by atoms with E-state index in [4.69, 9.17) is 5.73 Å². The van der Waals surface area contributed by atoms with Crippen LogP contribution in [0.15, 0.2) is 24.3 Å². The lowest BCUT2D eigenvalue weighted by atomic mass is 10.1. The van der Waals surface area contributed by atoms with Crippen molar-refractivity contribution in [3.8, 4) is 0 Å². The van der Waals surface area contributed by atoms with Gasteiger partial charge in [0.1, 0.15) is 12.1 Å². The summed E-state index contributed by atoms with van der Waals surface area (Å²) in [6, 6.07) is 2.48. The van der Waals surface area contributed by atoms with E-state index < -0.39 is 41.0 Å². The maximum absolute atomic E-state index is 12.2. The van der Waals surface area contributed by atoms with Crippen LogP contribution in [0.2, 0.25) is 0 Å². The summed E-state index contributed by atoms with van der Waals surface area (Å²) in [6.07, 6.45) is -2.36. The highest BCUT2D eigenvalue weighted by Crippen LogP contribution is 2.15. The number of anilines is 1. The highest BCUT2D eigenvalue weighted by molar-refractivity contribution is 5.98. The van der Waals surface area contributed by atoms with Crippen LogP contribution in [-0.2, 0) is 9.59 Å². The molecule has 1 rings (SSSR count). The molecule has 0 aliphatic rings. The summed E-state index contributed by atoms with van der Waals surface area (Å²) in [5.74, 6) is -1.53. The van der Waals surface area contributed by atoms with E-state index >= 15 is 0 Å². The minimum atomic E-state index is -1.31. The molecule has 132 valence electrons. The summed E-state index contributed by atoms with van der Waals surface area (Å²) in [5, 5.41) is 34.2. The van der Waals surface area contributed by atoms with Gasteiger partial charge in [-0.05, 0) is 26.0 Å². The van der Waals surface area contributed by atoms with Crippen LogP contribution in [-0.4, -0.2) is 51.2 Å². The smallest absolute Gasteiger partial charge is 0.269 e. The van der Waals surface area contributed by atoms with Crippen LogP contribution >= 0.6 is 0 Å². The summed E-state index contributed by atoms with van der Waals surface area (Å²) in [7, 11) is 0. The number of nitrogens with one attached hydrogen (secondary N) is 2. The van der Waals surface area contributed by atoms with Gasteiger partial charge in [-0.1, -0.05) is 0 Å². The quantitative estimate of drug-likeness (QED) is 0.317. The van der Waals surface area contributed by atoms with Gasteiger partial charge in [0.05, 0.1) is 17.1 Å². The lowest BCUT2D eigenvalue weighted by Gasteiger charge is -2.23. The molecule has 6 N–H and O–H groups in total. The molecular formula is C14H20N4O6. The van der Waals surface area contributed by atoms with Crippen molar-refractivity contribution in [3.63, 3.8) is 0 Å². The van der Waals surface area contributed by atoms with E-state index in [1.165, 1.54) is 38.1 Å². The Hall–Kier alpha value is -2.56. The van der Waals surface area contributed by atoms with Crippen molar-refractivity contribution in [2.24, 2.45) is 5.73 Å². The van der Waals surface area contributed by atoms with Gasteiger partial charge < -0.3 is 26.6 Å². The van der Waals surface area contributed by atoms with Crippen LogP contribution in [0.1, 0.15) is 13.8 Å². The third-order valence-electron chi connectivity index (χ3n) is 3.23. The fourth-order valence-electron chi connectivity index (χ4n) is 1.76. The standard InChI is InChI=1S/C14H20N4O6/c1-7(19)11(15)13(21)17-12(8(2)20)14(22)16-9-3-5-10(6-4-9)18(23)24/h3-8,11-12,19-20H,15H2,1-2H3,(H,16,22)(H,17,21)/t7-,8-,11+,12+/m1/s1. The topological polar surface area (TPSA) is 168 Å². The second-order valence-electron chi connectivity index (χ2n) is 5.29. The number of nitro benzene ring substituents is 1. The van der Waals surface area contributed by atoms with E-state index in [9.17, 15) is 29.9 Å². The molecule has 0 aliphatic carbocycles. The number of aliphatic hydroxyl groups is 2. The molecule has 1 aromatic carbocycles. The third-order valence-corrected chi connectivity index (χ3v) is 3.23. The Morgan fingerprint density at radius 2 is 1.67 bits per heavy atom. The van der Waals surface area contributed by atoms with Gasteiger partial charge in [-0.25, -0.2) is 0 Å². The van der Waals surface area contributed by atoms with Gasteiger partial charge in [0.25, 0.3) is 5.69 Å². The normalized spacial score (nSPS) is 15.7. The number of benzene rings is 1. The van der Waals surface area contributed by atoms with E-state index in [-0.39, 0.29) is 11.4 Å². The van der Waals surface area contributed by atoms with Gasteiger partial charge in [0.15, 0.2) is 0 Å². The molecule has 2 amide bonds. The van der Waals surface area contributed by atoms with E-state index in [0.29, 0.717) is 0 Å². The van der Waals surface area contributed by atoms with Crippen molar-refractivity contribution in [2.45, 2.75) is 38.1 Å². The molecule has 24 heavy (non-hydrogen) atoms. The molecule has 4 atom stereocenters. The first-order valence-electron chi connectivity index (χ1n) is 7.11. The second kappa shape index (κ2) is 8.34. The Labute approximate surface area is 137 Å². The zero-order valence-corrected chi connectivity index (χ0v) is 13.2. The van der Waals surface area contributed by atoms with Crippen LogP contribution < -0.4 is 16.4 Å². The molecule has 0 fully saturated rings. The molecule has 10 heteroatoms. The number of non-ortho nitro benzene ring substituents is 1. The number of rotatable bonds is 7. The molecule has 0 radical (unpaired) electrons. The Kier molecular flexibility index (Phi) is 6.77. The number of hydrogen-bond donors (Lipinski definition) is 5. The average molecular weight is 340 g/mol. The van der Waals surface area contributed by atoms with Crippen molar-refractivity contribution in [2.75, 3.05) is 5.32 Å². The highest BCUT2D eigenvalue weighted by atomic mass is 16.6. The molecule has 0 unspecified atom stereocenters. The summed E-state index contributed by atoms with van der Waals surface area (Å²) < 4.78 is 0. The maximum atomic E-state index is 12.2. The monoisotopic (exact) mass is 340 g/mol. The number of amides is 2. The van der Waals surface area contributed by atoms with E-state index in [1.807, 2.05) is 0 Å². The second-order valence-corrected chi connectivity index (χ2v) is 5.29. The molecule has 0 saturated heterocycles. The summed E-state index contributed by atoms with van der Waals surface area (Å²) >= 11 is 0. The summed E-state index contributed by atoms with van der Waals surface area (Å²) in [4.78, 5) is 34.0. The number of nitrogens with zero attached hydrogens (tertiary/aromatic N) is 1. The Balaban J connectivity index is 2.80. The van der Waals surface area contributed by atoms with Crippen LogP contribution in [0.3, 0.4) is 0 Å². The van der Waals surface area contributed by atoms with Gasteiger partial charge >= 0.3 is 0 Å². The minimum Gasteiger partial charge on any atom is -0.391 e. The van der Waals surface area contributed by atoms with Crippen molar-refractivity contribution in [1.29, 1.82) is 0 Å². The summed E-state index contributed by atoms with van der Waals surface area (Å²) in [6.45, 7) is 2.62. The minimum absolute atomic E-state index is 0.142. The van der Waals surface area contributed by atoms with Crippen molar-refractivity contribution < 1.29 is 24.7 Å². The molecular weight excluding hydrogens is 320 g/mol. The van der Waals surface area contributed by atoms with Crippen LogP contribution in [0.4, 0.5) is 11.4 Å². The average Bonchev–Trinajstić information content (AvgIpc) is 2.51. The first kappa shape index (κ1) is 19.5. The highest BCUT2D eigenvalue weighted by Gasteiger charge is 2.29. The third kappa shape index (κ3) is 5.26. The Morgan fingerprint density at radius 3 is 2.08 bits per heavy atom. The maximum Gasteiger partial charge on any atom is 0.269 e. The van der Waals surface area contributed by atoms with Crippen LogP contribution in [0.5, 0.6) is 0 Å². The number of carbonyl (C=O) groups is 2. The van der Waals surface area contributed by atoms with Gasteiger partial charge in [-0.15, -0.1) is 0 Å². The van der Waals surface area contributed by atoms with Gasteiger partial charge in [0.2, 0.25) is 11.8 Å². The number of aliphatic hydroxyl groups excluding tert-OH is 2. The Morgan fingerprint density at radius 1 is 1.12 bits per heavy atom. The zero-order chi connectivity index (χ0) is 18.4. The first-order valence-corrected chi connectivity index (χ1v) is 7.11. The number of nitrogens with two attached hydrogens (primary N) is 1. The van der Waals surface area contributed by atoms with Crippen LogP contribution in [0.25, 0.3) is 0 Å². The van der Waals surface area contributed by atoms with E-state index in [2.05, 4.69) is 10.6 Å². The zero-order valence-electron chi connectivity index (χ0n) is 13.2. The van der Waals surface area contributed by atoms with Crippen molar-refractivity contribution in [3.05, 3.63) is 34.4 Å². The molecule has 0 aliphatic heterocycles. The number of nitro groups is 1.